The van der Waals surface area contributed by atoms with Gasteiger partial charge in [-0.3, -0.25) is 9.59 Å². The summed E-state index contributed by atoms with van der Waals surface area (Å²) in [5.41, 5.74) is 2.33. The van der Waals surface area contributed by atoms with Gasteiger partial charge in [0.15, 0.2) is 5.58 Å². The Bertz CT molecular complexity index is 1050. The average Bonchev–Trinajstić information content (AvgIpc) is 3.19. The average molecular weight is 410 g/mol. The largest absolute Gasteiger partial charge is 0.435 e. The van der Waals surface area contributed by atoms with E-state index in [1.807, 2.05) is 6.07 Å². The van der Waals surface area contributed by atoms with Crippen LogP contribution in [0.2, 0.25) is 10.0 Å². The molecule has 0 aliphatic carbocycles. The lowest BCUT2D eigenvalue weighted by atomic mass is 10.1. The zero-order valence-electron chi connectivity index (χ0n) is 13.2. The van der Waals surface area contributed by atoms with E-state index in [1.165, 1.54) is 0 Å². The second-order valence-electron chi connectivity index (χ2n) is 6.01. The maximum atomic E-state index is 12.2. The number of amides is 1. The van der Waals surface area contributed by atoms with Crippen LogP contribution in [0.25, 0.3) is 22.6 Å². The van der Waals surface area contributed by atoms with Crippen LogP contribution in [0.3, 0.4) is 0 Å². The highest BCUT2D eigenvalue weighted by atomic mass is 35.5. The fourth-order valence-corrected chi connectivity index (χ4v) is 3.67. The molecule has 2 aromatic carbocycles. The molecule has 1 aliphatic rings. The summed E-state index contributed by atoms with van der Waals surface area (Å²) >= 11 is 17.7. The van der Waals surface area contributed by atoms with Gasteiger partial charge in [0.1, 0.15) is 5.52 Å². The van der Waals surface area contributed by atoms with E-state index in [9.17, 15) is 9.59 Å². The molecule has 1 saturated heterocycles. The van der Waals surface area contributed by atoms with Crippen LogP contribution in [0.15, 0.2) is 40.8 Å². The highest BCUT2D eigenvalue weighted by molar-refractivity contribution is 6.64. The van der Waals surface area contributed by atoms with Crippen LogP contribution in [-0.4, -0.2) is 22.7 Å². The van der Waals surface area contributed by atoms with E-state index < -0.39 is 11.2 Å². The highest BCUT2D eigenvalue weighted by Crippen LogP contribution is 2.34. The van der Waals surface area contributed by atoms with Gasteiger partial charge in [-0.2, -0.15) is 0 Å². The molecule has 1 fully saturated rings. The molecule has 132 valence electrons. The smallest absolute Gasteiger partial charge is 0.227 e. The van der Waals surface area contributed by atoms with Crippen LogP contribution in [0.1, 0.15) is 6.42 Å². The van der Waals surface area contributed by atoms with E-state index in [1.54, 1.807) is 35.2 Å². The molecule has 3 aromatic rings. The van der Waals surface area contributed by atoms with Crippen molar-refractivity contribution in [1.29, 1.82) is 0 Å². The lowest BCUT2D eigenvalue weighted by Gasteiger charge is -2.16. The predicted molar refractivity (Wildman–Crippen MR) is 101 cm³/mol. The zero-order chi connectivity index (χ0) is 18.4. The van der Waals surface area contributed by atoms with Crippen molar-refractivity contribution < 1.29 is 14.0 Å². The van der Waals surface area contributed by atoms with Crippen LogP contribution in [0, 0.1) is 5.92 Å². The Labute approximate surface area is 163 Å². The van der Waals surface area contributed by atoms with Crippen molar-refractivity contribution in [2.45, 2.75) is 6.42 Å². The van der Waals surface area contributed by atoms with E-state index in [2.05, 4.69) is 4.98 Å². The number of oxazole rings is 1. The monoisotopic (exact) mass is 408 g/mol. The number of halogens is 3. The van der Waals surface area contributed by atoms with Gasteiger partial charge >= 0.3 is 0 Å². The molecule has 4 rings (SSSR count). The van der Waals surface area contributed by atoms with Crippen molar-refractivity contribution in [3.05, 3.63) is 46.4 Å². The van der Waals surface area contributed by atoms with E-state index in [0.717, 1.165) is 0 Å². The minimum atomic E-state index is -0.498. The van der Waals surface area contributed by atoms with Gasteiger partial charge in [-0.1, -0.05) is 29.3 Å². The standard InChI is InChI=1S/C18H11Cl3N2O3/c19-11-6-13(20)16-14(7-11)22-18(26-16)9-2-1-3-12(4-9)23-8-10(17(21)25)5-15(23)24/h1-4,6-7,10H,5,8H2/t10-/m0/s1. The Kier molecular flexibility index (Phi) is 4.39. The van der Waals surface area contributed by atoms with Crippen molar-refractivity contribution in [1.82, 2.24) is 4.98 Å². The molecule has 0 spiro atoms. The molecule has 0 bridgehead atoms. The number of aromatic nitrogens is 1. The molecular weight excluding hydrogens is 399 g/mol. The Hall–Kier alpha value is -2.08. The first kappa shape index (κ1) is 17.3. The van der Waals surface area contributed by atoms with E-state index in [-0.39, 0.29) is 18.9 Å². The van der Waals surface area contributed by atoms with Gasteiger partial charge in [-0.25, -0.2) is 4.98 Å². The van der Waals surface area contributed by atoms with Gasteiger partial charge in [0, 0.05) is 29.2 Å². The van der Waals surface area contributed by atoms with Gasteiger partial charge in [0.25, 0.3) is 0 Å². The van der Waals surface area contributed by atoms with Gasteiger partial charge in [-0.15, -0.1) is 0 Å². The Morgan fingerprint density at radius 2 is 2.04 bits per heavy atom. The normalized spacial score (nSPS) is 17.3. The number of benzene rings is 2. The molecule has 0 N–H and O–H groups in total. The lowest BCUT2D eigenvalue weighted by molar-refractivity contribution is -0.120. The molecule has 8 heteroatoms. The Morgan fingerprint density at radius 3 is 2.77 bits per heavy atom. The summed E-state index contributed by atoms with van der Waals surface area (Å²) in [6.07, 6.45) is 0.115. The summed E-state index contributed by atoms with van der Waals surface area (Å²) in [6.45, 7) is 0.264. The molecule has 1 amide bonds. The molecule has 0 saturated carbocycles. The molecule has 0 unspecified atom stereocenters. The van der Waals surface area contributed by atoms with Crippen LogP contribution in [0.4, 0.5) is 5.69 Å². The Morgan fingerprint density at radius 1 is 1.23 bits per heavy atom. The SMILES string of the molecule is O=C(Cl)[C@H]1CC(=O)N(c2cccc(-c3nc4cc(Cl)cc(Cl)c4o3)c2)C1. The second kappa shape index (κ2) is 6.58. The molecular formula is C18H11Cl3N2O3. The summed E-state index contributed by atoms with van der Waals surface area (Å²) in [7, 11) is 0. The first-order valence-corrected chi connectivity index (χ1v) is 8.91. The maximum absolute atomic E-state index is 12.2. The summed E-state index contributed by atoms with van der Waals surface area (Å²) < 4.78 is 5.76. The third-order valence-electron chi connectivity index (χ3n) is 4.26. The molecule has 1 atom stereocenters. The summed E-state index contributed by atoms with van der Waals surface area (Å²) in [4.78, 5) is 29.5. The minimum Gasteiger partial charge on any atom is -0.435 e. The van der Waals surface area contributed by atoms with Gasteiger partial charge in [0.05, 0.1) is 10.9 Å². The fraction of sp³-hybridized carbons (Fsp3) is 0.167. The van der Waals surface area contributed by atoms with Gasteiger partial charge < -0.3 is 9.32 Å². The number of fused-ring (bicyclic) bond motifs is 1. The quantitative estimate of drug-likeness (QED) is 0.576. The zero-order valence-corrected chi connectivity index (χ0v) is 15.5. The van der Waals surface area contributed by atoms with Crippen LogP contribution < -0.4 is 4.90 Å². The summed E-state index contributed by atoms with van der Waals surface area (Å²) in [6, 6.07) is 10.4. The molecule has 1 aliphatic heterocycles. The summed E-state index contributed by atoms with van der Waals surface area (Å²) in [5, 5.41) is 0.346. The number of carbonyl (C=O) groups is 2. The van der Waals surface area contributed by atoms with Crippen LogP contribution >= 0.6 is 34.8 Å². The van der Waals surface area contributed by atoms with Crippen molar-refractivity contribution >= 4 is 62.7 Å². The fourth-order valence-electron chi connectivity index (χ4n) is 3.00. The molecule has 1 aromatic heterocycles. The van der Waals surface area contributed by atoms with Crippen molar-refractivity contribution in [2.75, 3.05) is 11.4 Å². The van der Waals surface area contributed by atoms with Crippen molar-refractivity contribution in [3.63, 3.8) is 0 Å². The predicted octanol–water partition coefficient (Wildman–Crippen LogP) is 4.92. The van der Waals surface area contributed by atoms with Gasteiger partial charge in [-0.05, 0) is 41.9 Å². The first-order chi connectivity index (χ1) is 12.4. The molecule has 5 nitrogen and oxygen atoms in total. The molecule has 0 radical (unpaired) electrons. The number of carbonyl (C=O) groups excluding carboxylic acids is 2. The van der Waals surface area contributed by atoms with Crippen molar-refractivity contribution in [3.8, 4) is 11.5 Å². The first-order valence-electron chi connectivity index (χ1n) is 7.78. The minimum absolute atomic E-state index is 0.115. The number of hydrogen-bond acceptors (Lipinski definition) is 4. The van der Waals surface area contributed by atoms with Crippen LogP contribution in [-0.2, 0) is 9.59 Å². The second-order valence-corrected chi connectivity index (χ2v) is 7.23. The third-order valence-corrected chi connectivity index (χ3v) is 5.07. The van der Waals surface area contributed by atoms with E-state index >= 15 is 0 Å². The lowest BCUT2D eigenvalue weighted by Crippen LogP contribution is -2.25. The number of anilines is 1. The molecule has 2 heterocycles. The van der Waals surface area contributed by atoms with Gasteiger partial charge in [0.2, 0.25) is 17.0 Å². The maximum Gasteiger partial charge on any atom is 0.227 e. The van der Waals surface area contributed by atoms with Crippen molar-refractivity contribution in [2.24, 2.45) is 5.92 Å². The summed E-state index contributed by atoms with van der Waals surface area (Å²) in [5.74, 6) is -0.269. The van der Waals surface area contributed by atoms with E-state index in [4.69, 9.17) is 39.2 Å². The molecule has 26 heavy (non-hydrogen) atoms. The number of rotatable bonds is 3. The third kappa shape index (κ3) is 3.07. The highest BCUT2D eigenvalue weighted by Gasteiger charge is 2.34. The number of nitrogens with zero attached hydrogens (tertiary/aromatic N) is 2. The topological polar surface area (TPSA) is 63.4 Å². The van der Waals surface area contributed by atoms with E-state index in [0.29, 0.717) is 38.3 Å². The Balaban J connectivity index is 1.71. The number of hydrogen-bond donors (Lipinski definition) is 0. The van der Waals surface area contributed by atoms with Crippen LogP contribution in [0.5, 0.6) is 0 Å².